The zero-order valence-electron chi connectivity index (χ0n) is 10.0. The number of rotatable bonds is 3. The standard InChI is InChI=1S/C13H16ClFN2S/c14-11-7-9(1-2-12(11)15)8-17-5-3-10(4-6-17)13(16)18/h1-2,7,10H,3-6,8H2,(H2,16,18). The molecule has 1 aliphatic heterocycles. The Kier molecular flexibility index (Phi) is 4.54. The number of likely N-dealkylation sites (tertiary alicyclic amines) is 1. The Morgan fingerprint density at radius 2 is 2.11 bits per heavy atom. The molecule has 1 saturated heterocycles. The molecule has 5 heteroatoms. The zero-order valence-corrected chi connectivity index (χ0v) is 11.6. The number of hydrogen-bond acceptors (Lipinski definition) is 2. The summed E-state index contributed by atoms with van der Waals surface area (Å²) < 4.78 is 13.0. The van der Waals surface area contributed by atoms with E-state index >= 15 is 0 Å². The van der Waals surface area contributed by atoms with Crippen molar-refractivity contribution in [2.45, 2.75) is 19.4 Å². The highest BCUT2D eigenvalue weighted by Crippen LogP contribution is 2.21. The van der Waals surface area contributed by atoms with E-state index in [1.54, 1.807) is 12.1 Å². The largest absolute Gasteiger partial charge is 0.393 e. The van der Waals surface area contributed by atoms with E-state index in [0.29, 0.717) is 10.9 Å². The molecule has 0 aliphatic carbocycles. The van der Waals surface area contributed by atoms with Crippen LogP contribution in [0.3, 0.4) is 0 Å². The maximum atomic E-state index is 13.0. The minimum absolute atomic E-state index is 0.186. The highest BCUT2D eigenvalue weighted by molar-refractivity contribution is 7.80. The molecule has 1 heterocycles. The van der Waals surface area contributed by atoms with Crippen LogP contribution in [0.25, 0.3) is 0 Å². The van der Waals surface area contributed by atoms with Crippen molar-refractivity contribution in [3.8, 4) is 0 Å². The highest BCUT2D eigenvalue weighted by atomic mass is 35.5. The molecule has 0 radical (unpaired) electrons. The van der Waals surface area contributed by atoms with Crippen LogP contribution in [0.4, 0.5) is 4.39 Å². The van der Waals surface area contributed by atoms with E-state index in [4.69, 9.17) is 29.6 Å². The van der Waals surface area contributed by atoms with Crippen LogP contribution >= 0.6 is 23.8 Å². The van der Waals surface area contributed by atoms with Crippen molar-refractivity contribution in [1.29, 1.82) is 0 Å². The second-order valence-corrected chi connectivity index (χ2v) is 5.58. The molecule has 1 fully saturated rings. The molecule has 18 heavy (non-hydrogen) atoms. The first-order chi connectivity index (χ1) is 8.56. The summed E-state index contributed by atoms with van der Waals surface area (Å²) >= 11 is 10.8. The molecule has 98 valence electrons. The second-order valence-electron chi connectivity index (χ2n) is 4.70. The summed E-state index contributed by atoms with van der Waals surface area (Å²) in [4.78, 5) is 2.94. The van der Waals surface area contributed by atoms with Gasteiger partial charge in [-0.1, -0.05) is 29.9 Å². The van der Waals surface area contributed by atoms with E-state index in [2.05, 4.69) is 4.90 Å². The van der Waals surface area contributed by atoms with Gasteiger partial charge in [0.2, 0.25) is 0 Å². The van der Waals surface area contributed by atoms with Gasteiger partial charge in [0, 0.05) is 12.5 Å². The molecule has 0 spiro atoms. The predicted molar refractivity (Wildman–Crippen MR) is 76.2 cm³/mol. The molecule has 1 aromatic rings. The summed E-state index contributed by atoms with van der Waals surface area (Å²) in [7, 11) is 0. The van der Waals surface area contributed by atoms with Crippen LogP contribution in [-0.2, 0) is 6.54 Å². The van der Waals surface area contributed by atoms with Gasteiger partial charge in [-0.05, 0) is 43.6 Å². The monoisotopic (exact) mass is 286 g/mol. The van der Waals surface area contributed by atoms with Crippen LogP contribution in [-0.4, -0.2) is 23.0 Å². The summed E-state index contributed by atoms with van der Waals surface area (Å²) in [5.74, 6) is 0.000612. The number of nitrogens with two attached hydrogens (primary N) is 1. The smallest absolute Gasteiger partial charge is 0.141 e. The van der Waals surface area contributed by atoms with Gasteiger partial charge >= 0.3 is 0 Å². The Balaban J connectivity index is 1.91. The molecule has 1 aromatic carbocycles. The summed E-state index contributed by atoms with van der Waals surface area (Å²) in [5, 5.41) is 0.186. The normalized spacial score (nSPS) is 17.9. The van der Waals surface area contributed by atoms with Gasteiger partial charge in [0.25, 0.3) is 0 Å². The van der Waals surface area contributed by atoms with E-state index in [9.17, 15) is 4.39 Å². The van der Waals surface area contributed by atoms with Crippen LogP contribution in [0.15, 0.2) is 18.2 Å². The molecular weight excluding hydrogens is 271 g/mol. The Morgan fingerprint density at radius 1 is 1.44 bits per heavy atom. The van der Waals surface area contributed by atoms with Gasteiger partial charge < -0.3 is 5.73 Å². The topological polar surface area (TPSA) is 29.3 Å². The van der Waals surface area contributed by atoms with E-state index in [1.807, 2.05) is 0 Å². The number of thiocarbonyl (C=S) groups is 1. The van der Waals surface area contributed by atoms with E-state index < -0.39 is 0 Å². The van der Waals surface area contributed by atoms with Crippen molar-refractivity contribution in [1.82, 2.24) is 4.90 Å². The third kappa shape index (κ3) is 3.40. The highest BCUT2D eigenvalue weighted by Gasteiger charge is 2.21. The first-order valence-corrected chi connectivity index (χ1v) is 6.80. The van der Waals surface area contributed by atoms with Gasteiger partial charge in [-0.25, -0.2) is 4.39 Å². The average Bonchev–Trinajstić information content (AvgIpc) is 2.34. The lowest BCUT2D eigenvalue weighted by Crippen LogP contribution is -2.37. The third-order valence-corrected chi connectivity index (χ3v) is 4.00. The Hall–Kier alpha value is -0.710. The number of hydrogen-bond donors (Lipinski definition) is 1. The first-order valence-electron chi connectivity index (χ1n) is 6.02. The van der Waals surface area contributed by atoms with Gasteiger partial charge in [0.1, 0.15) is 5.82 Å². The van der Waals surface area contributed by atoms with Crippen molar-refractivity contribution in [3.63, 3.8) is 0 Å². The molecule has 0 amide bonds. The lowest BCUT2D eigenvalue weighted by Gasteiger charge is -2.31. The Labute approximate surface area is 117 Å². The van der Waals surface area contributed by atoms with Crippen LogP contribution in [0.2, 0.25) is 5.02 Å². The van der Waals surface area contributed by atoms with Crippen LogP contribution in [0.5, 0.6) is 0 Å². The fraction of sp³-hybridized carbons (Fsp3) is 0.462. The van der Waals surface area contributed by atoms with Gasteiger partial charge in [-0.3, -0.25) is 4.90 Å². The molecule has 0 atom stereocenters. The Bertz CT molecular complexity index is 445. The third-order valence-electron chi connectivity index (χ3n) is 3.38. The number of nitrogens with zero attached hydrogens (tertiary/aromatic N) is 1. The lowest BCUT2D eigenvalue weighted by atomic mass is 9.96. The molecule has 0 bridgehead atoms. The molecule has 2 nitrogen and oxygen atoms in total. The van der Waals surface area contributed by atoms with Crippen molar-refractivity contribution < 1.29 is 4.39 Å². The SMILES string of the molecule is NC(=S)C1CCN(Cc2ccc(F)c(Cl)c2)CC1. The van der Waals surface area contributed by atoms with E-state index in [1.165, 1.54) is 6.07 Å². The second kappa shape index (κ2) is 5.95. The van der Waals surface area contributed by atoms with Gasteiger partial charge in [-0.2, -0.15) is 0 Å². The summed E-state index contributed by atoms with van der Waals surface area (Å²) in [6.45, 7) is 2.73. The van der Waals surface area contributed by atoms with E-state index in [0.717, 1.165) is 38.0 Å². The van der Waals surface area contributed by atoms with Crippen molar-refractivity contribution in [2.24, 2.45) is 11.7 Å². The minimum atomic E-state index is -0.368. The van der Waals surface area contributed by atoms with Gasteiger partial charge in [0.15, 0.2) is 0 Å². The maximum Gasteiger partial charge on any atom is 0.141 e. The van der Waals surface area contributed by atoms with Crippen LogP contribution in [0.1, 0.15) is 18.4 Å². The summed E-state index contributed by atoms with van der Waals surface area (Å²) in [6.07, 6.45) is 2.01. The number of halogens is 2. The predicted octanol–water partition coefficient (Wildman–Crippen LogP) is 2.98. The fourth-order valence-corrected chi connectivity index (χ4v) is 2.71. The van der Waals surface area contributed by atoms with Crippen molar-refractivity contribution in [2.75, 3.05) is 13.1 Å². The molecule has 0 unspecified atom stereocenters. The minimum Gasteiger partial charge on any atom is -0.393 e. The molecule has 2 N–H and O–H groups in total. The van der Waals surface area contributed by atoms with Crippen LogP contribution < -0.4 is 5.73 Å². The quantitative estimate of drug-likeness (QED) is 0.866. The molecule has 0 aromatic heterocycles. The van der Waals surface area contributed by atoms with Gasteiger partial charge in [0.05, 0.1) is 10.0 Å². The zero-order chi connectivity index (χ0) is 13.1. The van der Waals surface area contributed by atoms with Crippen LogP contribution in [0, 0.1) is 11.7 Å². The molecule has 1 aliphatic rings. The fourth-order valence-electron chi connectivity index (χ4n) is 2.27. The average molecular weight is 287 g/mol. The molecule has 2 rings (SSSR count). The number of benzene rings is 1. The molecule has 0 saturated carbocycles. The first kappa shape index (κ1) is 13.7. The maximum absolute atomic E-state index is 13.0. The van der Waals surface area contributed by atoms with E-state index in [-0.39, 0.29) is 10.8 Å². The van der Waals surface area contributed by atoms with Gasteiger partial charge in [-0.15, -0.1) is 0 Å². The Morgan fingerprint density at radius 3 is 2.67 bits per heavy atom. The molecular formula is C13H16ClFN2S. The van der Waals surface area contributed by atoms with Crippen molar-refractivity contribution >= 4 is 28.8 Å². The summed E-state index contributed by atoms with van der Waals surface area (Å²) in [5.41, 5.74) is 6.69. The summed E-state index contributed by atoms with van der Waals surface area (Å²) in [6, 6.07) is 4.89. The number of piperidine rings is 1. The lowest BCUT2D eigenvalue weighted by molar-refractivity contribution is 0.202. The van der Waals surface area contributed by atoms with Crippen molar-refractivity contribution in [3.05, 3.63) is 34.6 Å².